The van der Waals surface area contributed by atoms with Crippen molar-refractivity contribution in [3.8, 4) is 17.3 Å². The van der Waals surface area contributed by atoms with E-state index in [-0.39, 0.29) is 33.2 Å². The van der Waals surface area contributed by atoms with E-state index in [1.165, 1.54) is 25.1 Å². The number of nitrogens with zero attached hydrogens (tertiary/aromatic N) is 2. The molecule has 3 rings (SSSR count). The molecule has 1 aromatic heterocycles. The minimum absolute atomic E-state index is 0.0163. The summed E-state index contributed by atoms with van der Waals surface area (Å²) in [5, 5.41) is 15.4. The third-order valence-corrected chi connectivity index (χ3v) is 4.56. The van der Waals surface area contributed by atoms with Gasteiger partial charge in [0, 0.05) is 0 Å². The SMILES string of the molecule is Cc1onc(-c2c(F)cccc2Cl)c1C(=O)NC(C#N)c1cccc(C(F)(F)F)c1. The summed E-state index contributed by atoms with van der Waals surface area (Å²) >= 11 is 6.03. The van der Waals surface area contributed by atoms with Crippen molar-refractivity contribution >= 4 is 17.5 Å². The van der Waals surface area contributed by atoms with Crippen molar-refractivity contribution in [2.75, 3.05) is 0 Å². The molecule has 0 aliphatic heterocycles. The highest BCUT2D eigenvalue weighted by atomic mass is 35.5. The maximum absolute atomic E-state index is 14.3. The van der Waals surface area contributed by atoms with Crippen LogP contribution >= 0.6 is 11.6 Å². The molecule has 0 saturated carbocycles. The summed E-state index contributed by atoms with van der Waals surface area (Å²) in [5.41, 5.74) is -1.58. The van der Waals surface area contributed by atoms with Crippen LogP contribution in [0.3, 0.4) is 0 Å². The van der Waals surface area contributed by atoms with E-state index in [4.69, 9.17) is 16.1 Å². The number of carbonyl (C=O) groups is 1. The first kappa shape index (κ1) is 21.3. The van der Waals surface area contributed by atoms with E-state index in [2.05, 4.69) is 10.5 Å². The Bertz CT molecular complexity index is 1130. The summed E-state index contributed by atoms with van der Waals surface area (Å²) < 4.78 is 58.1. The molecular weight excluding hydrogens is 426 g/mol. The van der Waals surface area contributed by atoms with Gasteiger partial charge in [-0.05, 0) is 36.8 Å². The Morgan fingerprint density at radius 2 is 1.97 bits per heavy atom. The quantitative estimate of drug-likeness (QED) is 0.550. The van der Waals surface area contributed by atoms with Crippen LogP contribution in [0.5, 0.6) is 0 Å². The minimum atomic E-state index is -4.61. The summed E-state index contributed by atoms with van der Waals surface area (Å²) in [5.74, 6) is -1.62. The van der Waals surface area contributed by atoms with E-state index in [9.17, 15) is 27.6 Å². The average Bonchev–Trinajstić information content (AvgIpc) is 3.06. The highest BCUT2D eigenvalue weighted by Gasteiger charge is 2.32. The molecule has 2 aromatic carbocycles. The Morgan fingerprint density at radius 1 is 1.27 bits per heavy atom. The molecule has 3 aromatic rings. The van der Waals surface area contributed by atoms with Crippen molar-refractivity contribution in [3.05, 3.63) is 75.8 Å². The largest absolute Gasteiger partial charge is 0.416 e. The summed E-state index contributed by atoms with van der Waals surface area (Å²) in [4.78, 5) is 12.8. The molecule has 1 heterocycles. The van der Waals surface area contributed by atoms with Crippen LogP contribution in [0.25, 0.3) is 11.3 Å². The lowest BCUT2D eigenvalue weighted by Crippen LogP contribution is -2.28. The van der Waals surface area contributed by atoms with Gasteiger partial charge in [-0.25, -0.2) is 4.39 Å². The molecule has 0 aliphatic carbocycles. The molecule has 1 atom stereocenters. The highest BCUT2D eigenvalue weighted by Crippen LogP contribution is 2.34. The number of hydrogen-bond acceptors (Lipinski definition) is 4. The van der Waals surface area contributed by atoms with Gasteiger partial charge in [0.2, 0.25) is 0 Å². The van der Waals surface area contributed by atoms with Crippen LogP contribution in [0.4, 0.5) is 17.6 Å². The Hall–Kier alpha value is -3.38. The lowest BCUT2D eigenvalue weighted by atomic mass is 10.0. The number of alkyl halides is 3. The number of carbonyl (C=O) groups excluding carboxylic acids is 1. The first-order chi connectivity index (χ1) is 14.1. The number of benzene rings is 2. The van der Waals surface area contributed by atoms with Crippen molar-refractivity contribution in [2.45, 2.75) is 19.1 Å². The maximum Gasteiger partial charge on any atom is 0.416 e. The fourth-order valence-electron chi connectivity index (χ4n) is 2.82. The van der Waals surface area contributed by atoms with Gasteiger partial charge < -0.3 is 9.84 Å². The topological polar surface area (TPSA) is 78.9 Å². The molecule has 0 aliphatic rings. The van der Waals surface area contributed by atoms with Crippen LogP contribution in [-0.4, -0.2) is 11.1 Å². The number of halogens is 5. The first-order valence-corrected chi connectivity index (χ1v) is 8.79. The zero-order chi connectivity index (χ0) is 22.1. The summed E-state index contributed by atoms with van der Waals surface area (Å²) in [6.45, 7) is 1.39. The molecule has 0 fully saturated rings. The lowest BCUT2D eigenvalue weighted by Gasteiger charge is -2.14. The summed E-state index contributed by atoms with van der Waals surface area (Å²) in [6, 6.07) is 8.24. The normalized spacial score (nSPS) is 12.3. The van der Waals surface area contributed by atoms with E-state index < -0.39 is 29.5 Å². The van der Waals surface area contributed by atoms with Crippen LogP contribution in [0.1, 0.15) is 33.3 Å². The standard InChI is InChI=1S/C20H12ClF4N3O2/c1-10-16(18(28-30-10)17-13(21)6-3-7-14(17)22)19(29)27-15(9-26)11-4-2-5-12(8-11)20(23,24)25/h2-8,15H,1H3,(H,27,29). The molecule has 0 radical (unpaired) electrons. The van der Waals surface area contributed by atoms with E-state index in [0.717, 1.165) is 24.3 Å². The number of aryl methyl sites for hydroxylation is 1. The zero-order valence-corrected chi connectivity index (χ0v) is 16.0. The average molecular weight is 438 g/mol. The predicted molar refractivity (Wildman–Crippen MR) is 98.9 cm³/mol. The Labute approximate surface area is 172 Å². The Kier molecular flexibility index (Phi) is 5.80. The van der Waals surface area contributed by atoms with Gasteiger partial charge in [0.25, 0.3) is 5.91 Å². The highest BCUT2D eigenvalue weighted by molar-refractivity contribution is 6.33. The molecule has 5 nitrogen and oxygen atoms in total. The van der Waals surface area contributed by atoms with Gasteiger partial charge in [-0.15, -0.1) is 0 Å². The zero-order valence-electron chi connectivity index (χ0n) is 15.2. The van der Waals surface area contributed by atoms with Crippen molar-refractivity contribution in [3.63, 3.8) is 0 Å². The molecule has 1 amide bonds. The van der Waals surface area contributed by atoms with E-state index in [1.54, 1.807) is 6.07 Å². The fraction of sp³-hybridized carbons (Fsp3) is 0.150. The van der Waals surface area contributed by atoms with E-state index in [0.29, 0.717) is 0 Å². The minimum Gasteiger partial charge on any atom is -0.360 e. The second-order valence-electron chi connectivity index (χ2n) is 6.22. The molecule has 0 spiro atoms. The van der Waals surface area contributed by atoms with Gasteiger partial charge in [0.1, 0.15) is 28.9 Å². The third-order valence-electron chi connectivity index (χ3n) is 4.24. The molecule has 30 heavy (non-hydrogen) atoms. The van der Waals surface area contributed by atoms with Crippen molar-refractivity contribution in [1.82, 2.24) is 10.5 Å². The van der Waals surface area contributed by atoms with Crippen LogP contribution in [-0.2, 0) is 6.18 Å². The van der Waals surface area contributed by atoms with Crippen LogP contribution < -0.4 is 5.32 Å². The fourth-order valence-corrected chi connectivity index (χ4v) is 3.07. The molecule has 10 heteroatoms. The lowest BCUT2D eigenvalue weighted by molar-refractivity contribution is -0.137. The molecule has 0 saturated heterocycles. The van der Waals surface area contributed by atoms with Gasteiger partial charge in [0.05, 0.1) is 22.2 Å². The van der Waals surface area contributed by atoms with Gasteiger partial charge in [0.15, 0.2) is 0 Å². The molecule has 1 unspecified atom stereocenters. The molecule has 1 N–H and O–H groups in total. The van der Waals surface area contributed by atoms with Crippen molar-refractivity contribution in [2.24, 2.45) is 0 Å². The monoisotopic (exact) mass is 437 g/mol. The number of amides is 1. The third kappa shape index (κ3) is 4.14. The smallest absolute Gasteiger partial charge is 0.360 e. The van der Waals surface area contributed by atoms with Crippen molar-refractivity contribution in [1.29, 1.82) is 5.26 Å². The van der Waals surface area contributed by atoms with Crippen LogP contribution in [0.15, 0.2) is 47.0 Å². The second-order valence-corrected chi connectivity index (χ2v) is 6.63. The summed E-state index contributed by atoms with van der Waals surface area (Å²) in [6.07, 6.45) is -4.61. The van der Waals surface area contributed by atoms with Gasteiger partial charge in [-0.3, -0.25) is 4.79 Å². The number of hydrogen-bond donors (Lipinski definition) is 1. The number of nitrogens with one attached hydrogen (secondary N) is 1. The Morgan fingerprint density at radius 3 is 2.60 bits per heavy atom. The molecule has 0 bridgehead atoms. The number of rotatable bonds is 4. The van der Waals surface area contributed by atoms with Gasteiger partial charge in [-0.2, -0.15) is 18.4 Å². The molecule has 154 valence electrons. The van der Waals surface area contributed by atoms with Gasteiger partial charge in [-0.1, -0.05) is 35.0 Å². The van der Waals surface area contributed by atoms with E-state index >= 15 is 0 Å². The van der Waals surface area contributed by atoms with Crippen LogP contribution in [0, 0.1) is 24.1 Å². The van der Waals surface area contributed by atoms with E-state index in [1.807, 2.05) is 0 Å². The summed E-state index contributed by atoms with van der Waals surface area (Å²) in [7, 11) is 0. The second kappa shape index (κ2) is 8.16. The number of aromatic nitrogens is 1. The maximum atomic E-state index is 14.3. The van der Waals surface area contributed by atoms with Crippen molar-refractivity contribution < 1.29 is 26.9 Å². The van der Waals surface area contributed by atoms with Gasteiger partial charge >= 0.3 is 6.18 Å². The Balaban J connectivity index is 1.97. The van der Waals surface area contributed by atoms with Crippen LogP contribution in [0.2, 0.25) is 5.02 Å². The first-order valence-electron chi connectivity index (χ1n) is 8.41. The molecular formula is C20H12ClF4N3O2. The number of nitriles is 1. The predicted octanol–water partition coefficient (Wildman–Crippen LogP) is 5.46.